The summed E-state index contributed by atoms with van der Waals surface area (Å²) < 4.78 is 0. The molecule has 1 heterocycles. The first kappa shape index (κ1) is 22.9. The topological polar surface area (TPSA) is 61.4 Å². The van der Waals surface area contributed by atoms with E-state index in [2.05, 4.69) is 10.6 Å². The van der Waals surface area contributed by atoms with Crippen LogP contribution in [0.25, 0.3) is 0 Å². The van der Waals surface area contributed by atoms with E-state index in [0.29, 0.717) is 11.5 Å². The summed E-state index contributed by atoms with van der Waals surface area (Å²) in [7, 11) is 1.94. The maximum Gasteiger partial charge on any atom is 0.251 e. The van der Waals surface area contributed by atoms with E-state index >= 15 is 0 Å². The van der Waals surface area contributed by atoms with Gasteiger partial charge in [-0.25, -0.2) is 0 Å². The van der Waals surface area contributed by atoms with E-state index in [1.807, 2.05) is 73.5 Å². The van der Waals surface area contributed by atoms with Gasteiger partial charge in [-0.1, -0.05) is 48.0 Å². The van der Waals surface area contributed by atoms with Gasteiger partial charge in [0, 0.05) is 18.7 Å². The summed E-state index contributed by atoms with van der Waals surface area (Å²) in [5, 5.41) is 6.25. The number of carbonyl (C=O) groups is 2. The minimum Gasteiger partial charge on any atom is -0.345 e. The smallest absolute Gasteiger partial charge is 0.251 e. The minimum atomic E-state index is -0.342. The molecular formula is C23H30ClN3O2. The van der Waals surface area contributed by atoms with Crippen LogP contribution in [0.2, 0.25) is 0 Å². The van der Waals surface area contributed by atoms with E-state index in [9.17, 15) is 9.59 Å². The molecule has 2 N–H and O–H groups in total. The van der Waals surface area contributed by atoms with Crippen LogP contribution in [0.15, 0.2) is 54.6 Å². The standard InChI is InChI=1S/C23H29N3O2.ClH/c1-17-8-10-20(11-9-17)23(28)25-21(19-6-4-3-5-7-19)14-22(27)26-13-12-18(16-26)15-24-2;/h3-11,18,21,24H,12-16H2,1-2H3,(H,25,28);1H. The van der Waals surface area contributed by atoms with Gasteiger partial charge in [-0.2, -0.15) is 0 Å². The molecule has 0 aliphatic carbocycles. The number of carbonyl (C=O) groups excluding carboxylic acids is 2. The highest BCUT2D eigenvalue weighted by atomic mass is 35.5. The molecule has 2 amide bonds. The summed E-state index contributed by atoms with van der Waals surface area (Å²) in [5.74, 6) is 0.444. The van der Waals surface area contributed by atoms with Gasteiger partial charge in [0.15, 0.2) is 0 Å². The highest BCUT2D eigenvalue weighted by Gasteiger charge is 2.28. The molecule has 0 spiro atoms. The molecular weight excluding hydrogens is 386 g/mol. The van der Waals surface area contributed by atoms with E-state index in [-0.39, 0.29) is 36.7 Å². The Hall–Kier alpha value is -2.37. The predicted octanol–water partition coefficient (Wildman–Crippen LogP) is 3.35. The first-order valence-electron chi connectivity index (χ1n) is 9.91. The van der Waals surface area contributed by atoms with Gasteiger partial charge in [0.1, 0.15) is 0 Å². The van der Waals surface area contributed by atoms with Gasteiger partial charge in [0.05, 0.1) is 12.5 Å². The Morgan fingerprint density at radius 3 is 2.45 bits per heavy atom. The van der Waals surface area contributed by atoms with Crippen molar-refractivity contribution in [2.75, 3.05) is 26.7 Å². The molecule has 1 aliphatic rings. The van der Waals surface area contributed by atoms with Crippen LogP contribution >= 0.6 is 12.4 Å². The number of rotatable bonds is 7. The van der Waals surface area contributed by atoms with Crippen LogP contribution in [0.1, 0.15) is 40.4 Å². The lowest BCUT2D eigenvalue weighted by Gasteiger charge is -2.23. The van der Waals surface area contributed by atoms with Crippen molar-refractivity contribution in [3.63, 3.8) is 0 Å². The molecule has 1 fully saturated rings. The maximum atomic E-state index is 12.9. The quantitative estimate of drug-likeness (QED) is 0.729. The van der Waals surface area contributed by atoms with Crippen LogP contribution in [-0.4, -0.2) is 43.4 Å². The highest BCUT2D eigenvalue weighted by molar-refractivity contribution is 5.94. The number of hydrogen-bond donors (Lipinski definition) is 2. The van der Waals surface area contributed by atoms with Crippen LogP contribution in [-0.2, 0) is 4.79 Å². The number of benzene rings is 2. The first-order chi connectivity index (χ1) is 13.6. The molecule has 29 heavy (non-hydrogen) atoms. The van der Waals surface area contributed by atoms with Crippen LogP contribution < -0.4 is 10.6 Å². The lowest BCUT2D eigenvalue weighted by molar-refractivity contribution is -0.130. The van der Waals surface area contributed by atoms with Crippen molar-refractivity contribution in [2.24, 2.45) is 5.92 Å². The van der Waals surface area contributed by atoms with Gasteiger partial charge in [-0.15, -0.1) is 12.4 Å². The summed E-state index contributed by atoms with van der Waals surface area (Å²) in [6.07, 6.45) is 1.30. The van der Waals surface area contributed by atoms with Gasteiger partial charge < -0.3 is 15.5 Å². The average Bonchev–Trinajstić information content (AvgIpc) is 3.18. The normalized spacial score (nSPS) is 16.8. The van der Waals surface area contributed by atoms with E-state index < -0.39 is 0 Å². The monoisotopic (exact) mass is 415 g/mol. The second kappa shape index (κ2) is 11.0. The molecule has 5 nitrogen and oxygen atoms in total. The number of likely N-dealkylation sites (tertiary alicyclic amines) is 1. The predicted molar refractivity (Wildman–Crippen MR) is 118 cm³/mol. The van der Waals surface area contributed by atoms with Crippen molar-refractivity contribution < 1.29 is 9.59 Å². The number of aryl methyl sites for hydroxylation is 1. The molecule has 2 unspecified atom stereocenters. The van der Waals surface area contributed by atoms with Gasteiger partial charge in [0.25, 0.3) is 5.91 Å². The number of hydrogen-bond acceptors (Lipinski definition) is 3. The van der Waals surface area contributed by atoms with Gasteiger partial charge in [-0.05, 0) is 50.6 Å². The van der Waals surface area contributed by atoms with Crippen molar-refractivity contribution in [3.8, 4) is 0 Å². The van der Waals surface area contributed by atoms with Crippen molar-refractivity contribution in [3.05, 3.63) is 71.3 Å². The van der Waals surface area contributed by atoms with E-state index in [4.69, 9.17) is 0 Å². The largest absolute Gasteiger partial charge is 0.345 e. The van der Waals surface area contributed by atoms with Crippen LogP contribution in [0.3, 0.4) is 0 Å². The number of nitrogens with one attached hydrogen (secondary N) is 2. The van der Waals surface area contributed by atoms with Crippen LogP contribution in [0.5, 0.6) is 0 Å². The molecule has 1 saturated heterocycles. The molecule has 2 atom stereocenters. The fraction of sp³-hybridized carbons (Fsp3) is 0.391. The fourth-order valence-corrected chi connectivity index (χ4v) is 3.70. The van der Waals surface area contributed by atoms with Crippen LogP contribution in [0, 0.1) is 12.8 Å². The Kier molecular flexibility index (Phi) is 8.68. The van der Waals surface area contributed by atoms with Crippen molar-refractivity contribution in [1.82, 2.24) is 15.5 Å². The van der Waals surface area contributed by atoms with Crippen molar-refractivity contribution in [2.45, 2.75) is 25.8 Å². The number of halogens is 1. The third kappa shape index (κ3) is 6.31. The Morgan fingerprint density at radius 1 is 1.10 bits per heavy atom. The minimum absolute atomic E-state index is 0. The molecule has 0 bridgehead atoms. The summed E-state index contributed by atoms with van der Waals surface area (Å²) in [6.45, 7) is 4.49. The third-order valence-electron chi connectivity index (χ3n) is 5.33. The molecule has 2 aromatic rings. The van der Waals surface area contributed by atoms with Gasteiger partial charge in [-0.3, -0.25) is 9.59 Å². The number of nitrogens with zero attached hydrogens (tertiary/aromatic N) is 1. The first-order valence-corrected chi connectivity index (χ1v) is 9.91. The van der Waals surface area contributed by atoms with Gasteiger partial charge in [0.2, 0.25) is 5.91 Å². The summed E-state index contributed by atoms with van der Waals surface area (Å²) in [6, 6.07) is 16.9. The molecule has 0 saturated carbocycles. The molecule has 6 heteroatoms. The molecule has 0 radical (unpaired) electrons. The molecule has 3 rings (SSSR count). The van der Waals surface area contributed by atoms with Crippen LogP contribution in [0.4, 0.5) is 0 Å². The zero-order valence-electron chi connectivity index (χ0n) is 17.1. The maximum absolute atomic E-state index is 12.9. The Morgan fingerprint density at radius 2 is 1.79 bits per heavy atom. The summed E-state index contributed by atoms with van der Waals surface area (Å²) in [5.41, 5.74) is 2.66. The SMILES string of the molecule is CNCC1CCN(C(=O)CC(NC(=O)c2ccc(C)cc2)c2ccccc2)C1.Cl. The Bertz CT molecular complexity index is 796. The van der Waals surface area contributed by atoms with E-state index in [1.54, 1.807) is 0 Å². The zero-order valence-corrected chi connectivity index (χ0v) is 17.9. The lowest BCUT2D eigenvalue weighted by atomic mass is 10.0. The molecule has 0 aromatic heterocycles. The average molecular weight is 416 g/mol. The van der Waals surface area contributed by atoms with Crippen molar-refractivity contribution >= 4 is 24.2 Å². The molecule has 156 valence electrons. The van der Waals surface area contributed by atoms with E-state index in [1.165, 1.54) is 0 Å². The second-order valence-corrected chi connectivity index (χ2v) is 7.56. The highest BCUT2D eigenvalue weighted by Crippen LogP contribution is 2.22. The van der Waals surface area contributed by atoms with Gasteiger partial charge >= 0.3 is 0 Å². The fourth-order valence-electron chi connectivity index (χ4n) is 3.70. The lowest BCUT2D eigenvalue weighted by Crippen LogP contribution is -2.36. The molecule has 2 aromatic carbocycles. The number of amides is 2. The molecule has 1 aliphatic heterocycles. The van der Waals surface area contributed by atoms with Crippen molar-refractivity contribution in [1.29, 1.82) is 0 Å². The summed E-state index contributed by atoms with van der Waals surface area (Å²) >= 11 is 0. The zero-order chi connectivity index (χ0) is 19.9. The third-order valence-corrected chi connectivity index (χ3v) is 5.33. The Labute approximate surface area is 179 Å². The second-order valence-electron chi connectivity index (χ2n) is 7.56. The Balaban J connectivity index is 0.00000300. The summed E-state index contributed by atoms with van der Waals surface area (Å²) in [4.78, 5) is 27.6. The van der Waals surface area contributed by atoms with E-state index in [0.717, 1.165) is 37.2 Å².